The lowest BCUT2D eigenvalue weighted by molar-refractivity contribution is -0.305. The fraction of sp³-hybridized carbons (Fsp3) is 0.100. The molecule has 0 aliphatic rings. The number of aromatic amines is 1. The van der Waals surface area contributed by atoms with E-state index < -0.39 is 11.2 Å². The highest BCUT2D eigenvalue weighted by atomic mass is 32.2. The molecule has 0 radical (unpaired) electrons. The van der Waals surface area contributed by atoms with Gasteiger partial charge in [0.1, 0.15) is 6.33 Å². The maximum Gasteiger partial charge on any atom is 0.184 e. The number of H-pyrrole nitrogens is 1. The molecule has 0 aliphatic heterocycles. The van der Waals surface area contributed by atoms with E-state index >= 15 is 0 Å². The first-order valence-corrected chi connectivity index (χ1v) is 5.43. The van der Waals surface area contributed by atoms with E-state index in [9.17, 15) is 9.90 Å². The van der Waals surface area contributed by atoms with Gasteiger partial charge in [0.2, 0.25) is 0 Å². The van der Waals surface area contributed by atoms with Crippen LogP contribution in [0.15, 0.2) is 41.8 Å². The van der Waals surface area contributed by atoms with Crippen LogP contribution in [0.2, 0.25) is 0 Å². The number of carboxylic acids is 1. The van der Waals surface area contributed by atoms with Gasteiger partial charge in [-0.3, -0.25) is 5.10 Å². The second-order valence-corrected chi connectivity index (χ2v) is 4.11. The SMILES string of the molecule is O=C([O-])[C@H](Sc1ncn[nH]1)c1ccccc1. The van der Waals surface area contributed by atoms with Gasteiger partial charge in [-0.25, -0.2) is 4.98 Å². The third-order valence-electron chi connectivity index (χ3n) is 1.94. The van der Waals surface area contributed by atoms with Crippen molar-refractivity contribution in [1.82, 2.24) is 15.2 Å². The highest BCUT2D eigenvalue weighted by Crippen LogP contribution is 2.32. The molecule has 1 heterocycles. The van der Waals surface area contributed by atoms with Gasteiger partial charge in [0.05, 0.1) is 11.2 Å². The highest BCUT2D eigenvalue weighted by molar-refractivity contribution is 8.00. The monoisotopic (exact) mass is 234 g/mol. The van der Waals surface area contributed by atoms with Crippen molar-refractivity contribution in [3.05, 3.63) is 42.2 Å². The largest absolute Gasteiger partial charge is 0.549 e. The van der Waals surface area contributed by atoms with Crippen molar-refractivity contribution in [3.8, 4) is 0 Å². The molecule has 0 bridgehead atoms. The third-order valence-corrected chi connectivity index (χ3v) is 3.06. The lowest BCUT2D eigenvalue weighted by Crippen LogP contribution is -2.28. The smallest absolute Gasteiger partial charge is 0.184 e. The second-order valence-electron chi connectivity index (χ2n) is 3.02. The number of rotatable bonds is 4. The Hall–Kier alpha value is -1.82. The van der Waals surface area contributed by atoms with Crippen molar-refractivity contribution in [2.75, 3.05) is 0 Å². The maximum atomic E-state index is 11.0. The molecule has 1 aromatic carbocycles. The summed E-state index contributed by atoms with van der Waals surface area (Å²) in [5, 5.41) is 17.0. The van der Waals surface area contributed by atoms with Gasteiger partial charge in [0, 0.05) is 0 Å². The van der Waals surface area contributed by atoms with E-state index in [1.165, 1.54) is 6.33 Å². The number of hydrogen-bond donors (Lipinski definition) is 1. The number of thioether (sulfide) groups is 1. The zero-order valence-electron chi connectivity index (χ0n) is 8.16. The third kappa shape index (κ3) is 2.40. The van der Waals surface area contributed by atoms with Crippen LogP contribution in [0, 0.1) is 0 Å². The van der Waals surface area contributed by atoms with Crippen LogP contribution in [-0.2, 0) is 4.79 Å². The van der Waals surface area contributed by atoms with Gasteiger partial charge in [-0.05, 0) is 5.56 Å². The molecule has 0 aliphatic carbocycles. The Balaban J connectivity index is 2.22. The Morgan fingerprint density at radius 1 is 1.38 bits per heavy atom. The summed E-state index contributed by atoms with van der Waals surface area (Å²) in [5.41, 5.74) is 0.670. The fourth-order valence-corrected chi connectivity index (χ4v) is 2.07. The summed E-state index contributed by atoms with van der Waals surface area (Å²) >= 11 is 1.07. The van der Waals surface area contributed by atoms with Crippen molar-refractivity contribution in [3.63, 3.8) is 0 Å². The average Bonchev–Trinajstić information content (AvgIpc) is 2.79. The predicted octanol–water partition coefficient (Wildman–Crippen LogP) is 0.388. The molecular weight excluding hydrogens is 226 g/mol. The van der Waals surface area contributed by atoms with E-state index in [2.05, 4.69) is 15.2 Å². The Morgan fingerprint density at radius 2 is 2.12 bits per heavy atom. The first kappa shape index (κ1) is 10.7. The zero-order chi connectivity index (χ0) is 11.4. The number of nitrogens with zero attached hydrogens (tertiary/aromatic N) is 2. The maximum absolute atomic E-state index is 11.0. The average molecular weight is 234 g/mol. The number of hydrogen-bond acceptors (Lipinski definition) is 5. The van der Waals surface area contributed by atoms with Gasteiger partial charge in [-0.2, -0.15) is 5.10 Å². The Labute approximate surface area is 95.9 Å². The molecule has 0 spiro atoms. The van der Waals surface area contributed by atoms with Gasteiger partial charge >= 0.3 is 0 Å². The second kappa shape index (κ2) is 4.80. The number of carbonyl (C=O) groups is 1. The quantitative estimate of drug-likeness (QED) is 0.774. The van der Waals surface area contributed by atoms with Gasteiger partial charge in [0.25, 0.3) is 0 Å². The molecule has 1 N–H and O–H groups in total. The number of carbonyl (C=O) groups excluding carboxylic acids is 1. The summed E-state index contributed by atoms with van der Waals surface area (Å²) in [6.45, 7) is 0. The van der Waals surface area contributed by atoms with Crippen LogP contribution in [0.5, 0.6) is 0 Å². The molecule has 16 heavy (non-hydrogen) atoms. The Morgan fingerprint density at radius 3 is 2.69 bits per heavy atom. The van der Waals surface area contributed by atoms with E-state index in [0.29, 0.717) is 10.7 Å². The molecule has 1 atom stereocenters. The van der Waals surface area contributed by atoms with Crippen LogP contribution in [0.25, 0.3) is 0 Å². The normalized spacial score (nSPS) is 12.2. The molecule has 0 fully saturated rings. The summed E-state index contributed by atoms with van der Waals surface area (Å²) < 4.78 is 0. The minimum absolute atomic E-state index is 0.457. The molecule has 6 heteroatoms. The molecule has 82 valence electrons. The van der Waals surface area contributed by atoms with E-state index in [-0.39, 0.29) is 0 Å². The summed E-state index contributed by atoms with van der Waals surface area (Å²) in [6, 6.07) is 8.88. The minimum Gasteiger partial charge on any atom is -0.549 e. The first-order chi connectivity index (χ1) is 7.77. The van der Waals surface area contributed by atoms with Gasteiger partial charge in [0.15, 0.2) is 5.16 Å². The molecule has 2 rings (SSSR count). The molecule has 1 aromatic heterocycles. The molecule has 0 unspecified atom stereocenters. The van der Waals surface area contributed by atoms with Crippen molar-refractivity contribution in [2.24, 2.45) is 0 Å². The minimum atomic E-state index is -1.15. The van der Waals surface area contributed by atoms with Crippen molar-refractivity contribution >= 4 is 17.7 Å². The van der Waals surface area contributed by atoms with Crippen LogP contribution >= 0.6 is 11.8 Å². The predicted molar refractivity (Wildman–Crippen MR) is 56.4 cm³/mol. The standard InChI is InChI=1S/C10H9N3O2S/c14-9(15)8(7-4-2-1-3-5-7)16-10-11-6-12-13-10/h1-6,8H,(H,14,15)(H,11,12,13)/p-1/t8-/m1/s1. The molecule has 0 saturated heterocycles. The van der Waals surface area contributed by atoms with Crippen LogP contribution < -0.4 is 5.11 Å². The van der Waals surface area contributed by atoms with Crippen LogP contribution in [0.3, 0.4) is 0 Å². The van der Waals surface area contributed by atoms with Gasteiger partial charge in [-0.1, -0.05) is 42.1 Å². The molecule has 2 aromatic rings. The number of nitrogens with one attached hydrogen (secondary N) is 1. The number of aromatic nitrogens is 3. The fourth-order valence-electron chi connectivity index (χ4n) is 1.24. The number of carboxylic acid groups (broad SMARTS) is 1. The highest BCUT2D eigenvalue weighted by Gasteiger charge is 2.15. The van der Waals surface area contributed by atoms with Crippen molar-refractivity contribution < 1.29 is 9.90 Å². The van der Waals surface area contributed by atoms with E-state index in [4.69, 9.17) is 0 Å². The Bertz CT molecular complexity index is 458. The van der Waals surface area contributed by atoms with E-state index in [1.54, 1.807) is 24.3 Å². The molecular formula is C10H8N3O2S-. The zero-order valence-corrected chi connectivity index (χ0v) is 8.98. The summed E-state index contributed by atoms with van der Waals surface area (Å²) in [5.74, 6) is -1.15. The lowest BCUT2D eigenvalue weighted by Gasteiger charge is -2.16. The first-order valence-electron chi connectivity index (χ1n) is 4.55. The van der Waals surface area contributed by atoms with E-state index in [1.807, 2.05) is 6.07 Å². The van der Waals surface area contributed by atoms with Crippen LogP contribution in [-0.4, -0.2) is 21.2 Å². The molecule has 5 nitrogen and oxygen atoms in total. The van der Waals surface area contributed by atoms with Gasteiger partial charge < -0.3 is 9.90 Å². The lowest BCUT2D eigenvalue weighted by atomic mass is 10.1. The van der Waals surface area contributed by atoms with Crippen molar-refractivity contribution in [1.29, 1.82) is 0 Å². The molecule has 0 amide bonds. The topological polar surface area (TPSA) is 81.7 Å². The number of aliphatic carboxylic acids is 1. The summed E-state index contributed by atoms with van der Waals surface area (Å²) in [7, 11) is 0. The number of benzene rings is 1. The van der Waals surface area contributed by atoms with Crippen LogP contribution in [0.4, 0.5) is 0 Å². The Kier molecular flexibility index (Phi) is 3.21. The van der Waals surface area contributed by atoms with Crippen LogP contribution in [0.1, 0.15) is 10.8 Å². The van der Waals surface area contributed by atoms with Gasteiger partial charge in [-0.15, -0.1) is 0 Å². The van der Waals surface area contributed by atoms with Crippen molar-refractivity contribution in [2.45, 2.75) is 10.4 Å². The van der Waals surface area contributed by atoms with E-state index in [0.717, 1.165) is 11.8 Å². The summed E-state index contributed by atoms with van der Waals surface area (Å²) in [6.07, 6.45) is 1.33. The molecule has 0 saturated carbocycles. The summed E-state index contributed by atoms with van der Waals surface area (Å²) in [4.78, 5) is 14.9.